The highest BCUT2D eigenvalue weighted by Gasteiger charge is 2.64. The van der Waals surface area contributed by atoms with Crippen LogP contribution in [0.5, 0.6) is 0 Å². The number of halogens is 4. The van der Waals surface area contributed by atoms with Gasteiger partial charge in [-0.25, -0.2) is 14.0 Å². The number of Topliss-reactive ketones (excluding diaryl/α,β-unsaturated/α-hetero) is 1. The Bertz CT molecular complexity index is 1590. The van der Waals surface area contributed by atoms with E-state index < -0.39 is 76.7 Å². The van der Waals surface area contributed by atoms with E-state index in [0.717, 1.165) is 17.4 Å². The van der Waals surface area contributed by atoms with Crippen molar-refractivity contribution in [1.82, 2.24) is 25.2 Å². The molecule has 9 atom stereocenters. The quantitative estimate of drug-likeness (QED) is 0.0988. The monoisotopic (exact) mass is 738 g/mol. The van der Waals surface area contributed by atoms with Crippen LogP contribution in [0.25, 0.3) is 11.3 Å². The molecule has 0 unspecified atom stereocenters. The standard InChI is InChI=1S/C35H51BF4N6O6/c1-8-25-34(6)28(46(31(49)52-34)15-10-9-14-45-19-24(43-44-45)22-12-11-13-23(41)16-22)27(35(38,39)40)42-18-20(2)17-32(4,50-7)26(36)21(3)29(47)33(5,37)30(48)51-25/h11-13,16,19-21,25-28,42H,8-10,14-15,17-18,36,41H2,1-7H3/t20-,21-,25-,26-,27+,28-,32-,33+,34-/m1/s1. The fourth-order valence-electron chi connectivity index (χ4n) is 7.60. The number of amides is 1. The molecule has 12 nitrogen and oxygen atoms in total. The predicted octanol–water partition coefficient (Wildman–Crippen LogP) is 4.53. The van der Waals surface area contributed by atoms with Crippen LogP contribution in [0, 0.1) is 11.8 Å². The Kier molecular flexibility index (Phi) is 12.4. The van der Waals surface area contributed by atoms with Crippen LogP contribution in [0.15, 0.2) is 30.5 Å². The van der Waals surface area contributed by atoms with Gasteiger partial charge in [0.15, 0.2) is 11.4 Å². The van der Waals surface area contributed by atoms with E-state index >= 15 is 17.6 Å². The first-order chi connectivity index (χ1) is 24.2. The van der Waals surface area contributed by atoms with Crippen molar-refractivity contribution in [3.63, 3.8) is 0 Å². The molecule has 3 heterocycles. The number of nitrogens with one attached hydrogen (secondary N) is 1. The molecule has 1 aromatic heterocycles. The summed E-state index contributed by atoms with van der Waals surface area (Å²) in [4.78, 5) is 41.5. The Balaban J connectivity index is 1.66. The van der Waals surface area contributed by atoms with E-state index in [9.17, 15) is 14.4 Å². The summed E-state index contributed by atoms with van der Waals surface area (Å²) >= 11 is 0. The lowest BCUT2D eigenvalue weighted by molar-refractivity contribution is -0.195. The summed E-state index contributed by atoms with van der Waals surface area (Å²) in [5.74, 6) is -4.70. The molecule has 3 N–H and O–H groups in total. The van der Waals surface area contributed by atoms with Crippen molar-refractivity contribution in [3.05, 3.63) is 30.5 Å². The van der Waals surface area contributed by atoms with Crippen molar-refractivity contribution in [2.75, 3.05) is 25.9 Å². The number of ketones is 1. The highest BCUT2D eigenvalue weighted by Crippen LogP contribution is 2.44. The van der Waals surface area contributed by atoms with Gasteiger partial charge in [0.25, 0.3) is 5.67 Å². The molecule has 2 aliphatic rings. The van der Waals surface area contributed by atoms with E-state index in [-0.39, 0.29) is 32.4 Å². The minimum atomic E-state index is -4.90. The van der Waals surface area contributed by atoms with Crippen LogP contribution in [0.1, 0.15) is 67.2 Å². The molecule has 17 heteroatoms. The summed E-state index contributed by atoms with van der Waals surface area (Å²) in [6, 6.07) is 3.07. The smallest absolute Gasteiger partial charge is 0.410 e. The molecule has 0 saturated carbocycles. The van der Waals surface area contributed by atoms with Crippen molar-refractivity contribution in [3.8, 4) is 11.3 Å². The van der Waals surface area contributed by atoms with E-state index in [0.29, 0.717) is 24.3 Å². The Morgan fingerprint density at radius 1 is 1.13 bits per heavy atom. The van der Waals surface area contributed by atoms with Crippen LogP contribution in [0.3, 0.4) is 0 Å². The first-order valence-corrected chi connectivity index (χ1v) is 17.7. The van der Waals surface area contributed by atoms with Crippen molar-refractivity contribution in [2.45, 2.75) is 121 Å². The van der Waals surface area contributed by atoms with Gasteiger partial charge in [-0.1, -0.05) is 38.1 Å². The zero-order valence-corrected chi connectivity index (χ0v) is 31.1. The number of benzene rings is 1. The molecule has 2 saturated heterocycles. The third-order valence-electron chi connectivity index (χ3n) is 11.0. The van der Waals surface area contributed by atoms with Gasteiger partial charge >= 0.3 is 18.2 Å². The summed E-state index contributed by atoms with van der Waals surface area (Å²) in [5, 5.41) is 11.0. The Morgan fingerprint density at radius 3 is 2.42 bits per heavy atom. The number of nitrogens with zero attached hydrogens (tertiary/aromatic N) is 4. The second kappa shape index (κ2) is 15.7. The van der Waals surface area contributed by atoms with Crippen LogP contribution < -0.4 is 11.1 Å². The summed E-state index contributed by atoms with van der Waals surface area (Å²) in [6.45, 7) is 8.57. The molecule has 0 radical (unpaired) electrons. The number of hydrogen-bond donors (Lipinski definition) is 2. The van der Waals surface area contributed by atoms with E-state index in [1.54, 1.807) is 50.8 Å². The maximum Gasteiger partial charge on any atom is 0.410 e. The van der Waals surface area contributed by atoms with Crippen LogP contribution >= 0.6 is 0 Å². The van der Waals surface area contributed by atoms with Gasteiger partial charge in [-0.3, -0.25) is 14.4 Å². The average Bonchev–Trinajstić information content (AvgIpc) is 3.65. The molecule has 0 bridgehead atoms. The minimum absolute atomic E-state index is 0.138. The molecule has 0 aliphatic carbocycles. The largest absolute Gasteiger partial charge is 0.455 e. The molecule has 1 aromatic carbocycles. The Morgan fingerprint density at radius 2 is 1.81 bits per heavy atom. The Hall–Kier alpha value is -3.73. The number of nitrogen functional groups attached to an aromatic ring is 1. The van der Waals surface area contributed by atoms with Gasteiger partial charge in [-0.15, -0.1) is 5.10 Å². The summed E-state index contributed by atoms with van der Waals surface area (Å²) < 4.78 is 80.5. The second-order valence-corrected chi connectivity index (χ2v) is 14.9. The maximum atomic E-state index is 16.2. The number of ether oxygens (including phenoxy) is 3. The van der Waals surface area contributed by atoms with Crippen LogP contribution in [0.4, 0.5) is 28.0 Å². The predicted molar refractivity (Wildman–Crippen MR) is 188 cm³/mol. The number of fused-ring (bicyclic) bond motifs is 1. The molecule has 1 amide bonds. The summed E-state index contributed by atoms with van der Waals surface area (Å²) in [6.07, 6.45) is -5.02. The van der Waals surface area contributed by atoms with Crippen molar-refractivity contribution < 1.29 is 46.2 Å². The summed E-state index contributed by atoms with van der Waals surface area (Å²) in [7, 11) is 3.10. The number of nitrogens with two attached hydrogens (primary N) is 1. The number of esters is 1. The highest BCUT2D eigenvalue weighted by atomic mass is 19.4. The number of methoxy groups -OCH3 is 1. The van der Waals surface area contributed by atoms with Crippen molar-refractivity contribution in [2.24, 2.45) is 11.8 Å². The molecule has 52 heavy (non-hydrogen) atoms. The molecule has 2 fully saturated rings. The van der Waals surface area contributed by atoms with Gasteiger partial charge < -0.3 is 25.3 Å². The summed E-state index contributed by atoms with van der Waals surface area (Å²) in [5.41, 5.74) is 1.51. The highest BCUT2D eigenvalue weighted by molar-refractivity contribution is 6.17. The van der Waals surface area contributed by atoms with Gasteiger partial charge in [0.1, 0.15) is 31.7 Å². The van der Waals surface area contributed by atoms with E-state index in [1.165, 1.54) is 27.9 Å². The number of carbonyl (C=O) groups excluding carboxylic acids is 3. The van der Waals surface area contributed by atoms with Crippen molar-refractivity contribution >= 4 is 31.4 Å². The number of cyclic esters (lactones) is 1. The van der Waals surface area contributed by atoms with Crippen LogP contribution in [-0.4, -0.2) is 107 Å². The number of anilines is 1. The number of aromatic nitrogens is 3. The number of aryl methyl sites for hydroxylation is 1. The van der Waals surface area contributed by atoms with Gasteiger partial charge in [0.05, 0.1) is 11.8 Å². The number of alkyl halides is 4. The topological polar surface area (TPSA) is 151 Å². The number of unbranched alkanes of at least 4 members (excludes halogenated alkanes) is 1. The average molecular weight is 739 g/mol. The van der Waals surface area contributed by atoms with E-state index in [2.05, 4.69) is 15.6 Å². The van der Waals surface area contributed by atoms with Crippen LogP contribution in [0.2, 0.25) is 5.82 Å². The number of rotatable bonds is 8. The molecule has 2 aromatic rings. The first-order valence-electron chi connectivity index (χ1n) is 17.7. The van der Waals surface area contributed by atoms with Gasteiger partial charge in [0.2, 0.25) is 0 Å². The first kappa shape index (κ1) is 41.0. The molecule has 2 aliphatic heterocycles. The Labute approximate surface area is 302 Å². The molecular weight excluding hydrogens is 687 g/mol. The fourth-order valence-corrected chi connectivity index (χ4v) is 7.60. The molecular formula is C35H51BF4N6O6. The van der Waals surface area contributed by atoms with Crippen LogP contribution in [-0.2, 0) is 30.3 Å². The number of hydrogen-bond acceptors (Lipinski definition) is 10. The third-order valence-corrected chi connectivity index (χ3v) is 11.0. The van der Waals surface area contributed by atoms with Crippen molar-refractivity contribution in [1.29, 1.82) is 0 Å². The molecule has 4 rings (SSSR count). The molecule has 288 valence electrons. The zero-order chi connectivity index (χ0) is 38.8. The van der Waals surface area contributed by atoms with E-state index in [4.69, 9.17) is 19.9 Å². The SMILES string of the molecule is B[C@@H]1[C@@H](C)C(=O)[C@](C)(F)C(=O)O[C@H](CC)[C@@]2(C)OC(=O)N(CCCCn3cc(-c4cccc(N)c4)nn3)[C@@H]2[C@@H](C(F)(F)F)NC[C@H](C)C[C@@]1(C)OC. The van der Waals surface area contributed by atoms with Gasteiger partial charge in [-0.2, -0.15) is 13.2 Å². The van der Waals surface area contributed by atoms with Gasteiger partial charge in [0, 0.05) is 37.4 Å². The lowest BCUT2D eigenvalue weighted by Crippen LogP contribution is -2.66. The minimum Gasteiger partial charge on any atom is -0.455 e. The maximum absolute atomic E-state index is 16.2. The normalized spacial score (nSPS) is 33.9. The third kappa shape index (κ3) is 8.40. The second-order valence-electron chi connectivity index (χ2n) is 14.9. The fraction of sp³-hybridized carbons (Fsp3) is 0.686. The lowest BCUT2D eigenvalue weighted by Gasteiger charge is -2.42. The lowest BCUT2D eigenvalue weighted by atomic mass is 9.62. The molecule has 0 spiro atoms. The number of carbonyl (C=O) groups is 3. The van der Waals surface area contributed by atoms with Gasteiger partial charge in [-0.05, 0) is 76.9 Å². The van der Waals surface area contributed by atoms with E-state index in [1.807, 2.05) is 6.07 Å². The zero-order valence-electron chi connectivity index (χ0n) is 31.1.